The van der Waals surface area contributed by atoms with Crippen molar-refractivity contribution in [3.05, 3.63) is 56.7 Å². The molecule has 0 aliphatic carbocycles. The van der Waals surface area contributed by atoms with Crippen molar-refractivity contribution in [1.82, 2.24) is 0 Å². The Kier molecular flexibility index (Phi) is 4.65. The molecule has 20 heavy (non-hydrogen) atoms. The molecule has 2 aromatic carbocycles. The topological polar surface area (TPSA) is 38.3 Å². The van der Waals surface area contributed by atoms with Gasteiger partial charge >= 0.3 is 0 Å². The Morgan fingerprint density at radius 2 is 1.90 bits per heavy atom. The third-order valence-electron chi connectivity index (χ3n) is 3.03. The Hall–Kier alpha value is -1.56. The number of anilines is 1. The first-order valence-corrected chi connectivity index (χ1v) is 7.31. The van der Waals surface area contributed by atoms with Crippen LogP contribution in [0.15, 0.2) is 36.4 Å². The number of hydrogen-bond donors (Lipinski definition) is 1. The van der Waals surface area contributed by atoms with Crippen LogP contribution in [0, 0.1) is 17.4 Å². The zero-order valence-electron chi connectivity index (χ0n) is 11.7. The van der Waals surface area contributed by atoms with E-state index in [2.05, 4.69) is 27.9 Å². The Morgan fingerprint density at radius 3 is 2.55 bits per heavy atom. The first-order chi connectivity index (χ1) is 9.51. The number of hydrogen-bond acceptors (Lipinski definition) is 2. The highest BCUT2D eigenvalue weighted by atomic mass is 127. The summed E-state index contributed by atoms with van der Waals surface area (Å²) in [6.07, 6.45) is 0. The van der Waals surface area contributed by atoms with Crippen molar-refractivity contribution in [2.24, 2.45) is 0 Å². The number of ether oxygens (including phenoxy) is 1. The van der Waals surface area contributed by atoms with Crippen LogP contribution < -0.4 is 10.1 Å². The lowest BCUT2D eigenvalue weighted by molar-refractivity contribution is 0.102. The van der Waals surface area contributed by atoms with Crippen molar-refractivity contribution in [2.75, 3.05) is 12.4 Å². The second-order valence-corrected chi connectivity index (χ2v) is 5.78. The summed E-state index contributed by atoms with van der Waals surface area (Å²) < 4.78 is 6.36. The van der Waals surface area contributed by atoms with Crippen LogP contribution in [0.5, 0.6) is 5.75 Å². The minimum atomic E-state index is -0.162. The van der Waals surface area contributed by atoms with E-state index in [1.807, 2.05) is 50.2 Å². The molecule has 2 aromatic rings. The van der Waals surface area contributed by atoms with E-state index in [4.69, 9.17) is 4.74 Å². The van der Waals surface area contributed by atoms with E-state index in [0.29, 0.717) is 11.3 Å². The lowest BCUT2D eigenvalue weighted by Gasteiger charge is -2.11. The number of carbonyl (C=O) groups is 1. The van der Waals surface area contributed by atoms with E-state index in [9.17, 15) is 4.79 Å². The summed E-state index contributed by atoms with van der Waals surface area (Å²) in [7, 11) is 1.57. The summed E-state index contributed by atoms with van der Waals surface area (Å²) in [4.78, 5) is 12.3. The van der Waals surface area contributed by atoms with Crippen molar-refractivity contribution in [1.29, 1.82) is 0 Å². The molecule has 0 unspecified atom stereocenters. The molecule has 0 aliphatic heterocycles. The van der Waals surface area contributed by atoms with E-state index in [1.165, 1.54) is 5.56 Å². The molecule has 1 N–H and O–H groups in total. The van der Waals surface area contributed by atoms with Gasteiger partial charge in [0.25, 0.3) is 5.91 Å². The van der Waals surface area contributed by atoms with Gasteiger partial charge < -0.3 is 10.1 Å². The number of nitrogens with one attached hydrogen (secondary N) is 1. The predicted octanol–water partition coefficient (Wildman–Crippen LogP) is 4.17. The molecule has 0 fully saturated rings. The monoisotopic (exact) mass is 381 g/mol. The fraction of sp³-hybridized carbons (Fsp3) is 0.188. The van der Waals surface area contributed by atoms with Gasteiger partial charge in [-0.2, -0.15) is 0 Å². The minimum Gasteiger partial charge on any atom is -0.496 e. The maximum Gasteiger partial charge on any atom is 0.259 e. The van der Waals surface area contributed by atoms with Gasteiger partial charge in [-0.25, -0.2) is 0 Å². The molecule has 4 heteroatoms. The van der Waals surface area contributed by atoms with Crippen LogP contribution in [0.4, 0.5) is 5.69 Å². The molecule has 3 nitrogen and oxygen atoms in total. The molecule has 0 spiro atoms. The third kappa shape index (κ3) is 3.30. The van der Waals surface area contributed by atoms with Gasteiger partial charge in [-0.15, -0.1) is 0 Å². The molecule has 0 saturated carbocycles. The van der Waals surface area contributed by atoms with E-state index >= 15 is 0 Å². The van der Waals surface area contributed by atoms with Crippen LogP contribution in [0.1, 0.15) is 21.5 Å². The average Bonchev–Trinajstić information content (AvgIpc) is 2.43. The van der Waals surface area contributed by atoms with Gasteiger partial charge in [-0.05, 0) is 66.3 Å². The second kappa shape index (κ2) is 6.26. The molecule has 0 saturated heterocycles. The number of rotatable bonds is 3. The van der Waals surface area contributed by atoms with Crippen LogP contribution in [-0.4, -0.2) is 13.0 Å². The smallest absolute Gasteiger partial charge is 0.259 e. The van der Waals surface area contributed by atoms with Gasteiger partial charge in [0.05, 0.1) is 12.7 Å². The van der Waals surface area contributed by atoms with Crippen molar-refractivity contribution in [2.45, 2.75) is 13.8 Å². The molecule has 0 aromatic heterocycles. The first-order valence-electron chi connectivity index (χ1n) is 6.23. The normalized spacial score (nSPS) is 10.2. The number of aryl methyl sites for hydroxylation is 2. The first kappa shape index (κ1) is 14.8. The van der Waals surface area contributed by atoms with Crippen molar-refractivity contribution < 1.29 is 9.53 Å². The van der Waals surface area contributed by atoms with Gasteiger partial charge in [0.1, 0.15) is 5.75 Å². The quantitative estimate of drug-likeness (QED) is 0.811. The number of carbonyl (C=O) groups excluding carboxylic acids is 1. The fourth-order valence-electron chi connectivity index (χ4n) is 1.87. The maximum atomic E-state index is 12.3. The van der Waals surface area contributed by atoms with E-state index < -0.39 is 0 Å². The minimum absolute atomic E-state index is 0.162. The summed E-state index contributed by atoms with van der Waals surface area (Å²) in [6.45, 7) is 3.99. The lowest BCUT2D eigenvalue weighted by atomic mass is 10.1. The molecule has 0 aliphatic rings. The number of benzene rings is 2. The molecule has 0 atom stereocenters. The van der Waals surface area contributed by atoms with Crippen LogP contribution in [-0.2, 0) is 0 Å². The summed E-state index contributed by atoms with van der Waals surface area (Å²) in [5.74, 6) is 0.417. The van der Waals surface area contributed by atoms with Crippen LogP contribution in [0.3, 0.4) is 0 Å². The Balaban J connectivity index is 2.27. The van der Waals surface area contributed by atoms with Crippen molar-refractivity contribution in [3.63, 3.8) is 0 Å². The van der Waals surface area contributed by atoms with Crippen LogP contribution >= 0.6 is 22.6 Å². The van der Waals surface area contributed by atoms with Gasteiger partial charge in [-0.1, -0.05) is 17.7 Å². The molecular weight excluding hydrogens is 365 g/mol. The molecule has 104 valence electrons. The Bertz CT molecular complexity index is 653. The fourth-order valence-corrected chi connectivity index (χ4v) is 2.38. The van der Waals surface area contributed by atoms with Gasteiger partial charge in [-0.3, -0.25) is 4.79 Å². The molecular formula is C16H16INO2. The largest absolute Gasteiger partial charge is 0.496 e. The van der Waals surface area contributed by atoms with Gasteiger partial charge in [0.2, 0.25) is 0 Å². The SMILES string of the molecule is COc1ccc(C)cc1C(=O)Nc1ccc(C)c(I)c1. The van der Waals surface area contributed by atoms with Crippen molar-refractivity contribution >= 4 is 34.2 Å². The van der Waals surface area contributed by atoms with Crippen LogP contribution in [0.2, 0.25) is 0 Å². The summed E-state index contributed by atoms with van der Waals surface area (Å²) in [5.41, 5.74) is 3.54. The molecule has 2 rings (SSSR count). The predicted molar refractivity (Wildman–Crippen MR) is 89.6 cm³/mol. The standard InChI is InChI=1S/C16H16INO2/c1-10-4-7-15(20-3)13(8-10)16(19)18-12-6-5-11(2)14(17)9-12/h4-9H,1-3H3,(H,18,19). The number of amides is 1. The molecule has 0 heterocycles. The van der Waals surface area contributed by atoms with E-state index in [-0.39, 0.29) is 5.91 Å². The zero-order valence-corrected chi connectivity index (χ0v) is 13.8. The zero-order chi connectivity index (χ0) is 14.7. The second-order valence-electron chi connectivity index (χ2n) is 4.62. The third-order valence-corrected chi connectivity index (χ3v) is 4.19. The molecule has 0 bridgehead atoms. The summed E-state index contributed by atoms with van der Waals surface area (Å²) >= 11 is 2.25. The summed E-state index contributed by atoms with van der Waals surface area (Å²) in [6, 6.07) is 11.4. The number of methoxy groups -OCH3 is 1. The number of halogens is 1. The van der Waals surface area contributed by atoms with Crippen molar-refractivity contribution in [3.8, 4) is 5.75 Å². The van der Waals surface area contributed by atoms with Gasteiger partial charge in [0.15, 0.2) is 0 Å². The molecule has 1 amide bonds. The van der Waals surface area contributed by atoms with E-state index in [0.717, 1.165) is 14.8 Å². The highest BCUT2D eigenvalue weighted by Crippen LogP contribution is 2.22. The van der Waals surface area contributed by atoms with Gasteiger partial charge in [0, 0.05) is 9.26 Å². The Labute approximate surface area is 132 Å². The van der Waals surface area contributed by atoms with E-state index in [1.54, 1.807) is 7.11 Å². The molecule has 0 radical (unpaired) electrons. The van der Waals surface area contributed by atoms with Crippen LogP contribution in [0.25, 0.3) is 0 Å². The average molecular weight is 381 g/mol. The lowest BCUT2D eigenvalue weighted by Crippen LogP contribution is -2.13. The Morgan fingerprint density at radius 1 is 1.15 bits per heavy atom. The maximum absolute atomic E-state index is 12.3. The highest BCUT2D eigenvalue weighted by molar-refractivity contribution is 14.1. The highest BCUT2D eigenvalue weighted by Gasteiger charge is 2.13. The summed E-state index contributed by atoms with van der Waals surface area (Å²) in [5, 5.41) is 2.90.